The molecular weight excluding hydrogens is 442 g/mol. The van der Waals surface area contributed by atoms with Crippen LogP contribution in [-0.4, -0.2) is 70.3 Å². The molecule has 0 radical (unpaired) electrons. The Morgan fingerprint density at radius 2 is 1.94 bits per heavy atom. The number of anilines is 1. The van der Waals surface area contributed by atoms with Crippen molar-refractivity contribution in [1.82, 2.24) is 10.2 Å². The third kappa shape index (κ3) is 6.29. The number of amides is 1. The molecule has 7 heteroatoms. The van der Waals surface area contributed by atoms with E-state index < -0.39 is 0 Å². The van der Waals surface area contributed by atoms with E-state index in [0.717, 1.165) is 65.9 Å². The highest BCUT2D eigenvalue weighted by Gasteiger charge is 2.32. The van der Waals surface area contributed by atoms with Gasteiger partial charge in [-0.05, 0) is 94.4 Å². The fourth-order valence-electron chi connectivity index (χ4n) is 4.57. The third-order valence-corrected chi connectivity index (χ3v) is 6.37. The molecule has 1 amide bonds. The van der Waals surface area contributed by atoms with E-state index in [-0.39, 0.29) is 18.0 Å². The summed E-state index contributed by atoms with van der Waals surface area (Å²) in [5, 5.41) is 3.05. The second-order valence-electron chi connectivity index (χ2n) is 9.44. The molecular formula is C28H35N3O4. The highest BCUT2D eigenvalue weighted by atomic mass is 16.6. The lowest BCUT2D eigenvalue weighted by Gasteiger charge is -2.15. The van der Waals surface area contributed by atoms with Gasteiger partial charge in [0, 0.05) is 29.9 Å². The number of hydrogen-bond acceptors (Lipinski definition) is 6. The summed E-state index contributed by atoms with van der Waals surface area (Å²) in [6.07, 6.45) is 4.86. The number of carbonyl (C=O) groups excluding carboxylic acids is 2. The van der Waals surface area contributed by atoms with Crippen LogP contribution in [0, 0.1) is 0 Å². The Labute approximate surface area is 207 Å². The zero-order valence-electron chi connectivity index (χ0n) is 20.9. The van der Waals surface area contributed by atoms with Gasteiger partial charge in [-0.25, -0.2) is 4.79 Å². The average molecular weight is 478 g/mol. The molecule has 1 aliphatic heterocycles. The first-order chi connectivity index (χ1) is 16.9. The molecule has 2 aromatic rings. The summed E-state index contributed by atoms with van der Waals surface area (Å²) in [7, 11) is 5.95. The first-order valence-corrected chi connectivity index (χ1v) is 12.3. The molecule has 1 aliphatic carbocycles. The van der Waals surface area contributed by atoms with E-state index in [9.17, 15) is 9.59 Å². The molecule has 2 aliphatic rings. The maximum Gasteiger partial charge on any atom is 0.414 e. The molecule has 0 bridgehead atoms. The SMILES string of the molecule is CNCC1CN(c2ccc3c(c2)CCC/C(=C\c2ccc(OCCCN(C)C)cc2)C3=O)C(=O)O1. The minimum Gasteiger partial charge on any atom is -0.494 e. The third-order valence-electron chi connectivity index (χ3n) is 6.37. The summed E-state index contributed by atoms with van der Waals surface area (Å²) in [5.41, 5.74) is 4.30. The molecule has 1 unspecified atom stereocenters. The van der Waals surface area contributed by atoms with Gasteiger partial charge in [0.25, 0.3) is 0 Å². The Balaban J connectivity index is 1.44. The van der Waals surface area contributed by atoms with Crippen LogP contribution in [0.25, 0.3) is 6.08 Å². The average Bonchev–Trinajstić information content (AvgIpc) is 3.14. The van der Waals surface area contributed by atoms with Gasteiger partial charge in [-0.15, -0.1) is 0 Å². The van der Waals surface area contributed by atoms with Crippen LogP contribution in [0.3, 0.4) is 0 Å². The molecule has 0 spiro atoms. The summed E-state index contributed by atoms with van der Waals surface area (Å²) < 4.78 is 11.2. The molecule has 1 saturated heterocycles. The molecule has 35 heavy (non-hydrogen) atoms. The van der Waals surface area contributed by atoms with Gasteiger partial charge in [0.15, 0.2) is 5.78 Å². The van der Waals surface area contributed by atoms with Crippen LogP contribution in [0.4, 0.5) is 10.5 Å². The van der Waals surface area contributed by atoms with Crippen molar-refractivity contribution < 1.29 is 19.1 Å². The van der Waals surface area contributed by atoms with Gasteiger partial charge in [-0.3, -0.25) is 9.69 Å². The van der Waals surface area contributed by atoms with Crippen molar-refractivity contribution in [2.24, 2.45) is 0 Å². The van der Waals surface area contributed by atoms with Crippen LogP contribution in [-0.2, 0) is 11.2 Å². The highest BCUT2D eigenvalue weighted by molar-refractivity contribution is 6.12. The first-order valence-electron chi connectivity index (χ1n) is 12.3. The Morgan fingerprint density at radius 3 is 2.69 bits per heavy atom. The number of Topliss-reactive ketones (excluding diaryl/α,β-unsaturated/α-hetero) is 1. The predicted molar refractivity (Wildman–Crippen MR) is 138 cm³/mol. The summed E-state index contributed by atoms with van der Waals surface area (Å²) in [4.78, 5) is 29.5. The van der Waals surface area contributed by atoms with E-state index >= 15 is 0 Å². The maximum absolute atomic E-state index is 13.4. The van der Waals surface area contributed by atoms with Crippen molar-refractivity contribution in [3.05, 3.63) is 64.7 Å². The Hall–Kier alpha value is -3.16. The summed E-state index contributed by atoms with van der Waals surface area (Å²) >= 11 is 0. The van der Waals surface area contributed by atoms with Gasteiger partial charge in [0.1, 0.15) is 11.9 Å². The Kier molecular flexibility index (Phi) is 8.21. The summed E-state index contributed by atoms with van der Waals surface area (Å²) in [6.45, 7) is 2.80. The van der Waals surface area contributed by atoms with E-state index in [1.54, 1.807) is 4.90 Å². The highest BCUT2D eigenvalue weighted by Crippen LogP contribution is 2.31. The molecule has 0 aromatic heterocycles. The summed E-state index contributed by atoms with van der Waals surface area (Å²) in [5.74, 6) is 0.901. The van der Waals surface area contributed by atoms with Gasteiger partial charge in [0.2, 0.25) is 0 Å². The number of rotatable bonds is 9. The van der Waals surface area contributed by atoms with Crippen LogP contribution in [0.15, 0.2) is 48.0 Å². The lowest BCUT2D eigenvalue weighted by atomic mass is 9.97. The number of likely N-dealkylation sites (N-methyl/N-ethyl adjacent to an activating group) is 1. The summed E-state index contributed by atoms with van der Waals surface area (Å²) in [6, 6.07) is 13.6. The maximum atomic E-state index is 13.4. The zero-order chi connectivity index (χ0) is 24.8. The number of hydrogen-bond donors (Lipinski definition) is 1. The van der Waals surface area contributed by atoms with Crippen molar-refractivity contribution >= 4 is 23.6 Å². The monoisotopic (exact) mass is 477 g/mol. The van der Waals surface area contributed by atoms with Crippen molar-refractivity contribution in [1.29, 1.82) is 0 Å². The number of nitrogens with one attached hydrogen (secondary N) is 1. The molecule has 1 heterocycles. The predicted octanol–water partition coefficient (Wildman–Crippen LogP) is 4.16. The number of aryl methyl sites for hydroxylation is 1. The van der Waals surface area contributed by atoms with Gasteiger partial charge >= 0.3 is 6.09 Å². The normalized spacial score (nSPS) is 19.1. The standard InChI is InChI=1S/C28H35N3O4/c1-29-18-25-19-31(28(33)35-25)23-10-13-26-21(17-23)6-4-7-22(27(26)32)16-20-8-11-24(12-9-20)34-15-5-14-30(2)3/h8-13,16-17,25,29H,4-7,14-15,18-19H2,1-3H3/b22-16+. The van der Waals surface area contributed by atoms with E-state index in [4.69, 9.17) is 9.47 Å². The minimum absolute atomic E-state index is 0.0603. The van der Waals surface area contributed by atoms with Crippen molar-refractivity contribution in [3.63, 3.8) is 0 Å². The number of fused-ring (bicyclic) bond motifs is 1. The topological polar surface area (TPSA) is 71.1 Å². The van der Waals surface area contributed by atoms with Gasteiger partial charge < -0.3 is 19.7 Å². The van der Waals surface area contributed by atoms with Crippen molar-refractivity contribution in [2.45, 2.75) is 31.8 Å². The Morgan fingerprint density at radius 1 is 1.14 bits per heavy atom. The van der Waals surface area contributed by atoms with Crippen LogP contribution in [0.1, 0.15) is 40.7 Å². The van der Waals surface area contributed by atoms with Gasteiger partial charge in [-0.1, -0.05) is 12.1 Å². The second kappa shape index (κ2) is 11.5. The fraction of sp³-hybridized carbons (Fsp3) is 0.429. The van der Waals surface area contributed by atoms with Crippen LogP contribution < -0.4 is 15.0 Å². The second-order valence-corrected chi connectivity index (χ2v) is 9.44. The molecule has 2 aromatic carbocycles. The van der Waals surface area contributed by atoms with Gasteiger partial charge in [0.05, 0.1) is 13.2 Å². The van der Waals surface area contributed by atoms with E-state index in [1.165, 1.54) is 0 Å². The van der Waals surface area contributed by atoms with E-state index in [1.807, 2.05) is 55.6 Å². The van der Waals surface area contributed by atoms with Crippen LogP contribution in [0.5, 0.6) is 5.75 Å². The van der Waals surface area contributed by atoms with Crippen molar-refractivity contribution in [2.75, 3.05) is 52.3 Å². The molecule has 0 saturated carbocycles. The quantitative estimate of drug-likeness (QED) is 0.332. The van der Waals surface area contributed by atoms with Gasteiger partial charge in [-0.2, -0.15) is 0 Å². The molecule has 186 valence electrons. The lowest BCUT2D eigenvalue weighted by molar-refractivity contribution is 0.103. The largest absolute Gasteiger partial charge is 0.494 e. The molecule has 7 nitrogen and oxygen atoms in total. The zero-order valence-corrected chi connectivity index (χ0v) is 20.9. The number of benzene rings is 2. The number of allylic oxidation sites excluding steroid dienone is 1. The van der Waals surface area contributed by atoms with Crippen molar-refractivity contribution in [3.8, 4) is 5.75 Å². The smallest absolute Gasteiger partial charge is 0.414 e. The lowest BCUT2D eigenvalue weighted by Crippen LogP contribution is -2.29. The van der Waals surface area contributed by atoms with Crippen LogP contribution >= 0.6 is 0 Å². The molecule has 1 N–H and O–H groups in total. The van der Waals surface area contributed by atoms with E-state index in [0.29, 0.717) is 19.7 Å². The van der Waals surface area contributed by atoms with Crippen LogP contribution in [0.2, 0.25) is 0 Å². The first kappa shape index (κ1) is 24.9. The molecule has 1 atom stereocenters. The minimum atomic E-state index is -0.337. The molecule has 1 fully saturated rings. The van der Waals surface area contributed by atoms with E-state index in [2.05, 4.69) is 24.3 Å². The molecule has 4 rings (SSSR count). The number of ketones is 1. The number of ether oxygens (including phenoxy) is 2. The number of nitrogens with zero attached hydrogens (tertiary/aromatic N) is 2. The number of cyclic esters (lactones) is 1. The number of carbonyl (C=O) groups is 2. The Bertz CT molecular complexity index is 1080. The fourth-order valence-corrected chi connectivity index (χ4v) is 4.57.